The van der Waals surface area contributed by atoms with Crippen LogP contribution in [0.1, 0.15) is 27.9 Å². The van der Waals surface area contributed by atoms with Gasteiger partial charge >= 0.3 is 0 Å². The molecule has 1 amide bonds. The van der Waals surface area contributed by atoms with Crippen molar-refractivity contribution in [3.8, 4) is 0 Å². The third-order valence-corrected chi connectivity index (χ3v) is 9.63. The van der Waals surface area contributed by atoms with E-state index in [1.807, 2.05) is 18.2 Å². The maximum absolute atomic E-state index is 12.9. The van der Waals surface area contributed by atoms with Crippen LogP contribution in [0.4, 0.5) is 0 Å². The van der Waals surface area contributed by atoms with Gasteiger partial charge in [-0.25, -0.2) is 16.8 Å². The zero-order valence-corrected chi connectivity index (χ0v) is 16.9. The van der Waals surface area contributed by atoms with E-state index in [0.29, 0.717) is 18.7 Å². The molecule has 2 aliphatic rings. The summed E-state index contributed by atoms with van der Waals surface area (Å²) in [5.74, 6) is -0.676. The summed E-state index contributed by atoms with van der Waals surface area (Å²) in [6.07, 6.45) is 0.867. The second-order valence-corrected chi connectivity index (χ2v) is 11.8. The van der Waals surface area contributed by atoms with Crippen LogP contribution in [0.5, 0.6) is 0 Å². The molecule has 6 nitrogen and oxygen atoms in total. The van der Waals surface area contributed by atoms with Gasteiger partial charge in [-0.1, -0.05) is 30.3 Å². The van der Waals surface area contributed by atoms with Crippen LogP contribution in [0, 0.1) is 0 Å². The normalized spacial score (nSPS) is 21.3. The number of rotatable bonds is 3. The molecule has 2 aromatic carbocycles. The highest BCUT2D eigenvalue weighted by molar-refractivity contribution is 7.96. The van der Waals surface area contributed by atoms with E-state index in [1.165, 1.54) is 17.7 Å². The van der Waals surface area contributed by atoms with E-state index < -0.39 is 24.9 Å². The molecule has 0 N–H and O–H groups in total. The highest BCUT2D eigenvalue weighted by Crippen LogP contribution is 2.27. The van der Waals surface area contributed by atoms with Crippen LogP contribution in [0.25, 0.3) is 0 Å². The number of hydrogen-bond donors (Lipinski definition) is 0. The van der Waals surface area contributed by atoms with Crippen LogP contribution in [0.2, 0.25) is 0 Å². The number of hydrogen-bond acceptors (Lipinski definition) is 5. The Labute approximate surface area is 165 Å². The number of carbonyl (C=O) groups excluding carboxylic acids is 1. The molecule has 1 saturated heterocycles. The minimum atomic E-state index is -3.80. The van der Waals surface area contributed by atoms with Crippen LogP contribution in [0.3, 0.4) is 0 Å². The van der Waals surface area contributed by atoms with Gasteiger partial charge < -0.3 is 4.90 Å². The number of benzene rings is 2. The molecule has 148 valence electrons. The minimum absolute atomic E-state index is 0.0119. The van der Waals surface area contributed by atoms with Crippen LogP contribution >= 0.6 is 0 Å². The smallest absolute Gasteiger partial charge is 0.254 e. The number of nitrogens with zero attached hydrogens (tertiary/aromatic N) is 1. The number of carbonyl (C=O) groups is 1. The van der Waals surface area contributed by atoms with Gasteiger partial charge in [0.15, 0.2) is 19.7 Å². The van der Waals surface area contributed by atoms with Crippen molar-refractivity contribution < 1.29 is 21.6 Å². The lowest BCUT2D eigenvalue weighted by molar-refractivity contribution is 0.0734. The molecular formula is C20H21NO5S2. The zero-order chi connectivity index (χ0) is 19.9. The molecule has 2 aliphatic heterocycles. The molecule has 0 aromatic heterocycles. The van der Waals surface area contributed by atoms with E-state index in [-0.39, 0.29) is 28.7 Å². The van der Waals surface area contributed by atoms with Crippen LogP contribution in [-0.2, 0) is 32.6 Å². The summed E-state index contributed by atoms with van der Waals surface area (Å²) in [4.78, 5) is 14.7. The van der Waals surface area contributed by atoms with Gasteiger partial charge in [0.05, 0.1) is 21.7 Å². The molecule has 28 heavy (non-hydrogen) atoms. The molecule has 0 aliphatic carbocycles. The first kappa shape index (κ1) is 19.1. The molecular weight excluding hydrogens is 398 g/mol. The second kappa shape index (κ2) is 7.00. The number of sulfone groups is 2. The summed E-state index contributed by atoms with van der Waals surface area (Å²) in [6.45, 7) is 1.07. The van der Waals surface area contributed by atoms with Crippen LogP contribution < -0.4 is 0 Å². The Morgan fingerprint density at radius 1 is 1.04 bits per heavy atom. The van der Waals surface area contributed by atoms with Crippen molar-refractivity contribution in [2.45, 2.75) is 29.5 Å². The van der Waals surface area contributed by atoms with E-state index in [4.69, 9.17) is 0 Å². The van der Waals surface area contributed by atoms with E-state index in [9.17, 15) is 21.6 Å². The zero-order valence-electron chi connectivity index (χ0n) is 15.2. The summed E-state index contributed by atoms with van der Waals surface area (Å²) in [6, 6.07) is 13.9. The maximum Gasteiger partial charge on any atom is 0.254 e. The topological polar surface area (TPSA) is 88.6 Å². The summed E-state index contributed by atoms with van der Waals surface area (Å²) in [5.41, 5.74) is 2.63. The largest absolute Gasteiger partial charge is 0.334 e. The Bertz CT molecular complexity index is 1140. The van der Waals surface area contributed by atoms with Gasteiger partial charge in [-0.2, -0.15) is 0 Å². The molecule has 0 bridgehead atoms. The first-order chi connectivity index (χ1) is 13.3. The highest BCUT2D eigenvalue weighted by Gasteiger charge is 2.38. The molecule has 2 aromatic rings. The van der Waals surface area contributed by atoms with Gasteiger partial charge in [0, 0.05) is 18.7 Å². The van der Waals surface area contributed by atoms with Crippen molar-refractivity contribution in [2.75, 3.05) is 18.1 Å². The van der Waals surface area contributed by atoms with Crippen molar-refractivity contribution in [2.24, 2.45) is 0 Å². The predicted molar refractivity (Wildman–Crippen MR) is 106 cm³/mol. The lowest BCUT2D eigenvalue weighted by Gasteiger charge is -2.29. The molecule has 8 heteroatoms. The Kier molecular flexibility index (Phi) is 4.79. The van der Waals surface area contributed by atoms with Gasteiger partial charge in [-0.3, -0.25) is 4.79 Å². The molecule has 0 unspecified atom stereocenters. The molecule has 0 saturated carbocycles. The fourth-order valence-electron chi connectivity index (χ4n) is 3.86. The Morgan fingerprint density at radius 3 is 2.50 bits per heavy atom. The standard InChI is InChI=1S/C20H21NO5S2/c22-20(21-10-8-15-4-1-2-5-17(15)13-21)16-6-3-7-18(12-16)28(25,26)19-9-11-27(23,24)14-19/h1-7,12,19H,8-11,13-14H2/t19-/m1/s1. The molecule has 1 atom stereocenters. The first-order valence-electron chi connectivity index (χ1n) is 9.17. The van der Waals surface area contributed by atoms with Gasteiger partial charge in [-0.05, 0) is 42.2 Å². The SMILES string of the molecule is O=C(c1cccc(S(=O)(=O)[C@@H]2CCS(=O)(=O)C2)c1)N1CCc2ccccc2C1. The fourth-order valence-corrected chi connectivity index (χ4v) is 8.26. The van der Waals surface area contributed by atoms with Crippen molar-refractivity contribution in [1.29, 1.82) is 0 Å². The first-order valence-corrected chi connectivity index (χ1v) is 12.5. The van der Waals surface area contributed by atoms with E-state index >= 15 is 0 Å². The average Bonchev–Trinajstić information content (AvgIpc) is 3.07. The van der Waals surface area contributed by atoms with Crippen LogP contribution in [-0.4, -0.2) is 50.9 Å². The van der Waals surface area contributed by atoms with Crippen molar-refractivity contribution >= 4 is 25.6 Å². The van der Waals surface area contributed by atoms with Crippen molar-refractivity contribution in [1.82, 2.24) is 4.90 Å². The third-order valence-electron chi connectivity index (χ3n) is 5.46. The third kappa shape index (κ3) is 3.58. The fraction of sp³-hybridized carbons (Fsp3) is 0.350. The molecule has 1 fully saturated rings. The Hall–Kier alpha value is -2.19. The van der Waals surface area contributed by atoms with E-state index in [2.05, 4.69) is 6.07 Å². The Morgan fingerprint density at radius 2 is 1.79 bits per heavy atom. The van der Waals surface area contributed by atoms with Crippen molar-refractivity contribution in [3.63, 3.8) is 0 Å². The summed E-state index contributed by atoms with van der Waals surface area (Å²) >= 11 is 0. The molecule has 0 radical (unpaired) electrons. The van der Waals surface area contributed by atoms with Crippen molar-refractivity contribution in [3.05, 3.63) is 65.2 Å². The number of amides is 1. The second-order valence-electron chi connectivity index (χ2n) is 7.34. The summed E-state index contributed by atoms with van der Waals surface area (Å²) in [5, 5.41) is -0.940. The molecule has 0 spiro atoms. The van der Waals surface area contributed by atoms with Gasteiger partial charge in [-0.15, -0.1) is 0 Å². The van der Waals surface area contributed by atoms with Gasteiger partial charge in [0.1, 0.15) is 0 Å². The molecule has 2 heterocycles. The molecule has 4 rings (SSSR count). The van der Waals surface area contributed by atoms with Crippen LogP contribution in [0.15, 0.2) is 53.4 Å². The quantitative estimate of drug-likeness (QED) is 0.758. The lowest BCUT2D eigenvalue weighted by atomic mass is 9.99. The van der Waals surface area contributed by atoms with E-state index in [1.54, 1.807) is 17.0 Å². The van der Waals surface area contributed by atoms with E-state index in [0.717, 1.165) is 12.0 Å². The summed E-state index contributed by atoms with van der Waals surface area (Å²) in [7, 11) is -7.11. The Balaban J connectivity index is 1.58. The monoisotopic (exact) mass is 419 g/mol. The lowest BCUT2D eigenvalue weighted by Crippen LogP contribution is -2.36. The predicted octanol–water partition coefficient (Wildman–Crippen LogP) is 1.85. The number of fused-ring (bicyclic) bond motifs is 1. The van der Waals surface area contributed by atoms with Gasteiger partial charge in [0.25, 0.3) is 5.91 Å². The maximum atomic E-state index is 12.9. The average molecular weight is 420 g/mol. The highest BCUT2D eigenvalue weighted by atomic mass is 32.2. The van der Waals surface area contributed by atoms with Gasteiger partial charge in [0.2, 0.25) is 0 Å². The minimum Gasteiger partial charge on any atom is -0.334 e. The summed E-state index contributed by atoms with van der Waals surface area (Å²) < 4.78 is 49.0.